The molecule has 1 aliphatic rings. The van der Waals surface area contributed by atoms with Gasteiger partial charge < -0.3 is 0 Å². The SMILES string of the molecule is Cn1ccc(C(CCC2CCCC2)NN)n1. The third-order valence-corrected chi connectivity index (χ3v) is 3.63. The van der Waals surface area contributed by atoms with Crippen LogP contribution in [0.1, 0.15) is 50.3 Å². The number of aromatic nitrogens is 2. The quantitative estimate of drug-likeness (QED) is 0.591. The van der Waals surface area contributed by atoms with E-state index < -0.39 is 0 Å². The van der Waals surface area contributed by atoms with Gasteiger partial charge in [0.2, 0.25) is 0 Å². The van der Waals surface area contributed by atoms with E-state index in [-0.39, 0.29) is 6.04 Å². The van der Waals surface area contributed by atoms with Crippen LogP contribution in [0.4, 0.5) is 0 Å². The molecular formula is C12H22N4. The largest absolute Gasteiger partial charge is 0.275 e. The van der Waals surface area contributed by atoms with Gasteiger partial charge in [-0.3, -0.25) is 16.0 Å². The van der Waals surface area contributed by atoms with Crippen LogP contribution in [0.25, 0.3) is 0 Å². The molecule has 1 unspecified atom stereocenters. The monoisotopic (exact) mass is 222 g/mol. The number of hydrogen-bond acceptors (Lipinski definition) is 3. The van der Waals surface area contributed by atoms with E-state index in [0.29, 0.717) is 0 Å². The van der Waals surface area contributed by atoms with E-state index in [2.05, 4.69) is 10.5 Å². The number of aryl methyl sites for hydroxylation is 1. The average molecular weight is 222 g/mol. The van der Waals surface area contributed by atoms with Crippen molar-refractivity contribution in [3.8, 4) is 0 Å². The van der Waals surface area contributed by atoms with Crippen molar-refractivity contribution in [1.29, 1.82) is 0 Å². The Balaban J connectivity index is 1.85. The Labute approximate surface area is 97.2 Å². The Hall–Kier alpha value is -0.870. The van der Waals surface area contributed by atoms with Crippen molar-refractivity contribution in [3.05, 3.63) is 18.0 Å². The molecule has 3 N–H and O–H groups in total. The van der Waals surface area contributed by atoms with Crippen LogP contribution in [0.3, 0.4) is 0 Å². The molecule has 1 aromatic rings. The summed E-state index contributed by atoms with van der Waals surface area (Å²) in [5, 5.41) is 4.40. The van der Waals surface area contributed by atoms with Gasteiger partial charge in [-0.25, -0.2) is 0 Å². The van der Waals surface area contributed by atoms with Crippen molar-refractivity contribution >= 4 is 0 Å². The van der Waals surface area contributed by atoms with Crippen LogP contribution in [0.15, 0.2) is 12.3 Å². The zero-order valence-corrected chi connectivity index (χ0v) is 10.0. The average Bonchev–Trinajstić information content (AvgIpc) is 2.91. The minimum Gasteiger partial charge on any atom is -0.275 e. The number of rotatable bonds is 5. The molecule has 1 saturated carbocycles. The van der Waals surface area contributed by atoms with Gasteiger partial charge in [-0.15, -0.1) is 0 Å². The van der Waals surface area contributed by atoms with E-state index >= 15 is 0 Å². The second-order valence-corrected chi connectivity index (χ2v) is 4.86. The molecular weight excluding hydrogens is 200 g/mol. The second kappa shape index (κ2) is 5.46. The predicted octanol–water partition coefficient (Wildman–Crippen LogP) is 1.89. The summed E-state index contributed by atoms with van der Waals surface area (Å²) in [6.45, 7) is 0. The highest BCUT2D eigenvalue weighted by Crippen LogP contribution is 2.30. The van der Waals surface area contributed by atoms with E-state index in [1.54, 1.807) is 0 Å². The Morgan fingerprint density at radius 1 is 1.56 bits per heavy atom. The van der Waals surface area contributed by atoms with Crippen LogP contribution in [-0.2, 0) is 7.05 Å². The summed E-state index contributed by atoms with van der Waals surface area (Å²) in [7, 11) is 1.94. The molecule has 1 aromatic heterocycles. The fourth-order valence-electron chi connectivity index (χ4n) is 2.64. The minimum atomic E-state index is 0.210. The van der Waals surface area contributed by atoms with Gasteiger partial charge in [0.05, 0.1) is 11.7 Å². The predicted molar refractivity (Wildman–Crippen MR) is 64.5 cm³/mol. The summed E-state index contributed by atoms with van der Waals surface area (Å²) in [5.41, 5.74) is 3.94. The van der Waals surface area contributed by atoms with Crippen molar-refractivity contribution in [1.82, 2.24) is 15.2 Å². The van der Waals surface area contributed by atoms with Gasteiger partial charge in [-0.2, -0.15) is 5.10 Å². The van der Waals surface area contributed by atoms with Crippen molar-refractivity contribution in [2.45, 2.75) is 44.6 Å². The standard InChI is InChI=1S/C12H22N4/c1-16-9-8-12(15-16)11(14-13)7-6-10-4-2-3-5-10/h8-11,14H,2-7,13H2,1H3. The highest BCUT2D eigenvalue weighted by molar-refractivity contribution is 5.04. The van der Waals surface area contributed by atoms with Crippen molar-refractivity contribution < 1.29 is 0 Å². The molecule has 2 rings (SSSR count). The normalized spacial score (nSPS) is 19.1. The molecule has 0 spiro atoms. The molecule has 0 aromatic carbocycles. The third kappa shape index (κ3) is 2.83. The first kappa shape index (κ1) is 11.6. The van der Waals surface area contributed by atoms with Gasteiger partial charge in [-0.05, 0) is 24.8 Å². The van der Waals surface area contributed by atoms with E-state index in [1.165, 1.54) is 32.1 Å². The topological polar surface area (TPSA) is 55.9 Å². The highest BCUT2D eigenvalue weighted by atomic mass is 15.3. The van der Waals surface area contributed by atoms with Gasteiger partial charge in [-0.1, -0.05) is 25.7 Å². The first-order valence-corrected chi connectivity index (χ1v) is 6.25. The number of hydrazine groups is 1. The molecule has 4 nitrogen and oxygen atoms in total. The van der Waals surface area contributed by atoms with Crippen molar-refractivity contribution in [2.24, 2.45) is 18.8 Å². The van der Waals surface area contributed by atoms with Gasteiger partial charge in [0, 0.05) is 13.2 Å². The number of hydrogen-bond donors (Lipinski definition) is 2. The van der Waals surface area contributed by atoms with Gasteiger partial charge in [0.1, 0.15) is 0 Å². The summed E-state index contributed by atoms with van der Waals surface area (Å²) in [5.74, 6) is 6.52. The molecule has 1 atom stereocenters. The summed E-state index contributed by atoms with van der Waals surface area (Å²) in [6, 6.07) is 2.25. The molecule has 0 radical (unpaired) electrons. The molecule has 1 aliphatic carbocycles. The maximum Gasteiger partial charge on any atom is 0.0807 e. The Morgan fingerprint density at radius 2 is 2.31 bits per heavy atom. The molecule has 0 amide bonds. The maximum absolute atomic E-state index is 5.60. The zero-order valence-electron chi connectivity index (χ0n) is 10.0. The van der Waals surface area contributed by atoms with Crippen LogP contribution in [0.5, 0.6) is 0 Å². The lowest BCUT2D eigenvalue weighted by Crippen LogP contribution is -2.28. The minimum absolute atomic E-state index is 0.210. The lowest BCUT2D eigenvalue weighted by atomic mass is 9.97. The van der Waals surface area contributed by atoms with E-state index in [9.17, 15) is 0 Å². The van der Waals surface area contributed by atoms with Gasteiger partial charge >= 0.3 is 0 Å². The Bertz CT molecular complexity index is 315. The molecule has 90 valence electrons. The highest BCUT2D eigenvalue weighted by Gasteiger charge is 2.18. The van der Waals surface area contributed by atoms with E-state index in [4.69, 9.17) is 5.84 Å². The van der Waals surface area contributed by atoms with Crippen LogP contribution in [0.2, 0.25) is 0 Å². The van der Waals surface area contributed by atoms with E-state index in [1.807, 2.05) is 24.0 Å². The van der Waals surface area contributed by atoms with Crippen LogP contribution in [-0.4, -0.2) is 9.78 Å². The van der Waals surface area contributed by atoms with Crippen molar-refractivity contribution in [2.75, 3.05) is 0 Å². The second-order valence-electron chi connectivity index (χ2n) is 4.86. The molecule has 4 heteroatoms. The summed E-state index contributed by atoms with van der Waals surface area (Å²) in [6.07, 6.45) is 9.96. The third-order valence-electron chi connectivity index (χ3n) is 3.63. The molecule has 0 bridgehead atoms. The number of nitrogens with zero attached hydrogens (tertiary/aromatic N) is 2. The number of nitrogens with one attached hydrogen (secondary N) is 1. The Morgan fingerprint density at radius 3 is 2.88 bits per heavy atom. The first-order chi connectivity index (χ1) is 7.79. The zero-order chi connectivity index (χ0) is 11.4. The lowest BCUT2D eigenvalue weighted by Gasteiger charge is -2.16. The van der Waals surface area contributed by atoms with E-state index in [0.717, 1.165) is 18.0 Å². The van der Waals surface area contributed by atoms with Gasteiger partial charge in [0.25, 0.3) is 0 Å². The summed E-state index contributed by atoms with van der Waals surface area (Å²) < 4.78 is 1.83. The van der Waals surface area contributed by atoms with Crippen LogP contribution in [0, 0.1) is 5.92 Å². The molecule has 0 aliphatic heterocycles. The van der Waals surface area contributed by atoms with Crippen LogP contribution >= 0.6 is 0 Å². The Kier molecular flexibility index (Phi) is 3.96. The molecule has 1 heterocycles. The van der Waals surface area contributed by atoms with Crippen molar-refractivity contribution in [3.63, 3.8) is 0 Å². The molecule has 1 fully saturated rings. The van der Waals surface area contributed by atoms with Gasteiger partial charge in [0.15, 0.2) is 0 Å². The molecule has 16 heavy (non-hydrogen) atoms. The lowest BCUT2D eigenvalue weighted by molar-refractivity contribution is 0.409. The maximum atomic E-state index is 5.60. The summed E-state index contributed by atoms with van der Waals surface area (Å²) >= 11 is 0. The first-order valence-electron chi connectivity index (χ1n) is 6.25. The van der Waals surface area contributed by atoms with Crippen LogP contribution < -0.4 is 11.3 Å². The number of nitrogens with two attached hydrogens (primary N) is 1. The fraction of sp³-hybridized carbons (Fsp3) is 0.750. The fourth-order valence-corrected chi connectivity index (χ4v) is 2.64. The smallest absolute Gasteiger partial charge is 0.0807 e. The molecule has 0 saturated heterocycles. The summed E-state index contributed by atoms with van der Waals surface area (Å²) in [4.78, 5) is 0.